The van der Waals surface area contributed by atoms with E-state index < -0.39 is 5.60 Å². The van der Waals surface area contributed by atoms with Gasteiger partial charge in [-0.1, -0.05) is 35.9 Å². The van der Waals surface area contributed by atoms with Crippen LogP contribution in [0.4, 0.5) is 0 Å². The second-order valence-electron chi connectivity index (χ2n) is 5.59. The summed E-state index contributed by atoms with van der Waals surface area (Å²) in [5.74, 6) is 0. The molecule has 1 aromatic rings. The molecule has 0 aliphatic carbocycles. The van der Waals surface area contributed by atoms with Crippen LogP contribution >= 0.6 is 0 Å². The van der Waals surface area contributed by atoms with E-state index in [2.05, 4.69) is 30.5 Å². The van der Waals surface area contributed by atoms with Crippen molar-refractivity contribution in [1.82, 2.24) is 4.90 Å². The number of hydrogen-bond acceptors (Lipinski definition) is 3. The SMILES string of the molecule is C=CCC(O)(CCN1CCOCC1)c1ccc(C)cc1. The minimum absolute atomic E-state index is 0.584. The van der Waals surface area contributed by atoms with Crippen molar-refractivity contribution in [3.05, 3.63) is 48.0 Å². The summed E-state index contributed by atoms with van der Waals surface area (Å²) in [4.78, 5) is 2.35. The molecule has 110 valence electrons. The van der Waals surface area contributed by atoms with Gasteiger partial charge in [-0.25, -0.2) is 0 Å². The summed E-state index contributed by atoms with van der Waals surface area (Å²) in [6.45, 7) is 10.2. The standard InChI is InChI=1S/C17H25NO2/c1-3-8-17(19,16-6-4-15(2)5-7-16)9-10-18-11-13-20-14-12-18/h3-7,19H,1,8-14H2,2H3. The molecule has 1 fully saturated rings. The zero-order valence-corrected chi connectivity index (χ0v) is 12.3. The van der Waals surface area contributed by atoms with Crippen molar-refractivity contribution >= 4 is 0 Å². The van der Waals surface area contributed by atoms with Gasteiger partial charge in [0.25, 0.3) is 0 Å². The molecular formula is C17H25NO2. The van der Waals surface area contributed by atoms with Gasteiger partial charge in [0.05, 0.1) is 18.8 Å². The molecule has 1 atom stereocenters. The number of nitrogens with zero attached hydrogens (tertiary/aromatic N) is 1. The summed E-state index contributed by atoms with van der Waals surface area (Å²) >= 11 is 0. The number of benzene rings is 1. The highest BCUT2D eigenvalue weighted by molar-refractivity contribution is 5.27. The molecule has 1 aliphatic rings. The van der Waals surface area contributed by atoms with Crippen LogP contribution in [0, 0.1) is 6.92 Å². The number of rotatable bonds is 6. The molecule has 1 heterocycles. The Balaban J connectivity index is 2.03. The van der Waals surface area contributed by atoms with Gasteiger partial charge in [-0.05, 0) is 25.3 Å². The maximum atomic E-state index is 11.0. The number of aryl methyl sites for hydroxylation is 1. The fourth-order valence-electron chi connectivity index (χ4n) is 2.63. The molecule has 3 nitrogen and oxygen atoms in total. The zero-order valence-electron chi connectivity index (χ0n) is 12.3. The third kappa shape index (κ3) is 3.92. The highest BCUT2D eigenvalue weighted by Crippen LogP contribution is 2.30. The maximum absolute atomic E-state index is 11.0. The van der Waals surface area contributed by atoms with Crippen LogP contribution in [-0.2, 0) is 10.3 Å². The van der Waals surface area contributed by atoms with Gasteiger partial charge in [0.2, 0.25) is 0 Å². The highest BCUT2D eigenvalue weighted by atomic mass is 16.5. The van der Waals surface area contributed by atoms with Gasteiger partial charge in [0, 0.05) is 19.6 Å². The molecule has 3 heteroatoms. The zero-order chi connectivity index (χ0) is 14.4. The molecule has 0 aromatic heterocycles. The van der Waals surface area contributed by atoms with E-state index in [0.717, 1.165) is 44.8 Å². The monoisotopic (exact) mass is 275 g/mol. The lowest BCUT2D eigenvalue weighted by Crippen LogP contribution is -2.39. The quantitative estimate of drug-likeness (QED) is 0.810. The first-order valence-electron chi connectivity index (χ1n) is 7.34. The van der Waals surface area contributed by atoms with Gasteiger partial charge in [-0.3, -0.25) is 4.90 Å². The normalized spacial score (nSPS) is 19.5. The first-order chi connectivity index (χ1) is 9.64. The lowest BCUT2D eigenvalue weighted by Gasteiger charge is -2.33. The largest absolute Gasteiger partial charge is 0.385 e. The molecule has 1 saturated heterocycles. The minimum atomic E-state index is -0.812. The van der Waals surface area contributed by atoms with E-state index in [-0.39, 0.29) is 0 Å². The van der Waals surface area contributed by atoms with Crippen molar-refractivity contribution in [3.8, 4) is 0 Å². The number of morpholine rings is 1. The molecule has 0 radical (unpaired) electrons. The van der Waals surface area contributed by atoms with E-state index >= 15 is 0 Å². The van der Waals surface area contributed by atoms with E-state index in [4.69, 9.17) is 4.74 Å². The molecular weight excluding hydrogens is 250 g/mol. The Kier molecular flexibility index (Phi) is 5.35. The molecule has 0 amide bonds. The van der Waals surface area contributed by atoms with Gasteiger partial charge in [0.15, 0.2) is 0 Å². The second kappa shape index (κ2) is 7.02. The van der Waals surface area contributed by atoms with Crippen molar-refractivity contribution in [3.63, 3.8) is 0 Å². The molecule has 0 saturated carbocycles. The molecule has 0 spiro atoms. The van der Waals surface area contributed by atoms with Crippen LogP contribution in [0.2, 0.25) is 0 Å². The first-order valence-corrected chi connectivity index (χ1v) is 7.34. The van der Waals surface area contributed by atoms with Crippen molar-refractivity contribution < 1.29 is 9.84 Å². The lowest BCUT2D eigenvalue weighted by molar-refractivity contribution is -0.00295. The average molecular weight is 275 g/mol. The minimum Gasteiger partial charge on any atom is -0.385 e. The summed E-state index contributed by atoms with van der Waals surface area (Å²) in [5, 5.41) is 11.0. The van der Waals surface area contributed by atoms with Gasteiger partial charge in [-0.2, -0.15) is 0 Å². The Morgan fingerprint density at radius 2 is 1.95 bits per heavy atom. The highest BCUT2D eigenvalue weighted by Gasteiger charge is 2.28. The van der Waals surface area contributed by atoms with Crippen LogP contribution < -0.4 is 0 Å². The van der Waals surface area contributed by atoms with Crippen LogP contribution in [0.15, 0.2) is 36.9 Å². The number of ether oxygens (including phenoxy) is 1. The predicted molar refractivity (Wildman–Crippen MR) is 81.8 cm³/mol. The maximum Gasteiger partial charge on any atom is 0.0942 e. The van der Waals surface area contributed by atoms with Crippen molar-refractivity contribution in [2.45, 2.75) is 25.4 Å². The lowest BCUT2D eigenvalue weighted by atomic mass is 9.86. The van der Waals surface area contributed by atoms with Crippen LogP contribution in [0.25, 0.3) is 0 Å². The fraction of sp³-hybridized carbons (Fsp3) is 0.529. The van der Waals surface area contributed by atoms with Crippen LogP contribution in [0.5, 0.6) is 0 Å². The van der Waals surface area contributed by atoms with Crippen LogP contribution in [0.1, 0.15) is 24.0 Å². The summed E-state index contributed by atoms with van der Waals surface area (Å²) in [6.07, 6.45) is 3.11. The Morgan fingerprint density at radius 3 is 2.55 bits per heavy atom. The van der Waals surface area contributed by atoms with Crippen LogP contribution in [0.3, 0.4) is 0 Å². The molecule has 1 unspecified atom stereocenters. The first kappa shape index (κ1) is 15.2. The predicted octanol–water partition coefficient (Wildman–Crippen LogP) is 2.48. The topological polar surface area (TPSA) is 32.7 Å². The van der Waals surface area contributed by atoms with E-state index in [1.165, 1.54) is 5.56 Å². The van der Waals surface area contributed by atoms with Gasteiger partial charge >= 0.3 is 0 Å². The Bertz CT molecular complexity index is 423. The van der Waals surface area contributed by atoms with Crippen molar-refractivity contribution in [2.75, 3.05) is 32.8 Å². The Hall–Kier alpha value is -1.16. The van der Waals surface area contributed by atoms with E-state index in [0.29, 0.717) is 6.42 Å². The Morgan fingerprint density at radius 1 is 1.30 bits per heavy atom. The van der Waals surface area contributed by atoms with Gasteiger partial charge < -0.3 is 9.84 Å². The molecule has 2 rings (SSSR count). The van der Waals surface area contributed by atoms with E-state index in [1.807, 2.05) is 12.1 Å². The van der Waals surface area contributed by atoms with Crippen LogP contribution in [-0.4, -0.2) is 42.9 Å². The summed E-state index contributed by atoms with van der Waals surface area (Å²) in [6, 6.07) is 8.16. The summed E-state index contributed by atoms with van der Waals surface area (Å²) < 4.78 is 5.36. The van der Waals surface area contributed by atoms with E-state index in [1.54, 1.807) is 6.08 Å². The Labute approximate surface area is 121 Å². The summed E-state index contributed by atoms with van der Waals surface area (Å²) in [5.41, 5.74) is 1.38. The van der Waals surface area contributed by atoms with Crippen molar-refractivity contribution in [1.29, 1.82) is 0 Å². The molecule has 1 aromatic carbocycles. The average Bonchev–Trinajstić information content (AvgIpc) is 2.47. The molecule has 1 aliphatic heterocycles. The number of aliphatic hydroxyl groups is 1. The third-order valence-corrected chi connectivity index (χ3v) is 4.02. The fourth-order valence-corrected chi connectivity index (χ4v) is 2.63. The second-order valence-corrected chi connectivity index (χ2v) is 5.59. The van der Waals surface area contributed by atoms with Gasteiger partial charge in [0.1, 0.15) is 0 Å². The summed E-state index contributed by atoms with van der Waals surface area (Å²) in [7, 11) is 0. The number of hydrogen-bond donors (Lipinski definition) is 1. The van der Waals surface area contributed by atoms with E-state index in [9.17, 15) is 5.11 Å². The molecule has 1 N–H and O–H groups in total. The smallest absolute Gasteiger partial charge is 0.0942 e. The van der Waals surface area contributed by atoms with Crippen molar-refractivity contribution in [2.24, 2.45) is 0 Å². The third-order valence-electron chi connectivity index (χ3n) is 4.02. The van der Waals surface area contributed by atoms with Gasteiger partial charge in [-0.15, -0.1) is 6.58 Å². The molecule has 0 bridgehead atoms. The molecule has 20 heavy (non-hydrogen) atoms.